The van der Waals surface area contributed by atoms with Crippen molar-refractivity contribution in [2.24, 2.45) is 7.05 Å². The maximum atomic E-state index is 4.88. The lowest BCUT2D eigenvalue weighted by Gasteiger charge is -2.15. The summed E-state index contributed by atoms with van der Waals surface area (Å²) in [5, 5.41) is 4.73. The van der Waals surface area contributed by atoms with Crippen LogP contribution >= 0.6 is 11.3 Å². The van der Waals surface area contributed by atoms with E-state index in [-0.39, 0.29) is 6.04 Å². The largest absolute Gasteiger partial charge is 0.336 e. The van der Waals surface area contributed by atoms with Gasteiger partial charge in [-0.05, 0) is 32.2 Å². The molecule has 0 bridgehead atoms. The van der Waals surface area contributed by atoms with Crippen molar-refractivity contribution in [2.75, 3.05) is 6.54 Å². The molecule has 0 amide bonds. The van der Waals surface area contributed by atoms with Crippen molar-refractivity contribution < 1.29 is 0 Å². The van der Waals surface area contributed by atoms with Crippen LogP contribution in [0, 0.1) is 0 Å². The van der Waals surface area contributed by atoms with Gasteiger partial charge in [0.05, 0.1) is 23.9 Å². The van der Waals surface area contributed by atoms with E-state index in [0.29, 0.717) is 0 Å². The molecule has 0 radical (unpaired) electrons. The Balaban J connectivity index is 1.96. The highest BCUT2D eigenvalue weighted by molar-refractivity contribution is 7.11. The van der Waals surface area contributed by atoms with Crippen molar-refractivity contribution in [1.29, 1.82) is 0 Å². The van der Waals surface area contributed by atoms with Crippen molar-refractivity contribution in [3.8, 4) is 0 Å². The Morgan fingerprint density at radius 1 is 1.42 bits per heavy atom. The number of rotatable bonds is 4. The summed E-state index contributed by atoms with van der Waals surface area (Å²) in [5.74, 6) is 0. The van der Waals surface area contributed by atoms with Gasteiger partial charge in [-0.25, -0.2) is 9.97 Å². The van der Waals surface area contributed by atoms with Gasteiger partial charge in [0.2, 0.25) is 0 Å². The third-order valence-electron chi connectivity index (χ3n) is 3.67. The quantitative estimate of drug-likeness (QED) is 0.933. The Hall–Kier alpha value is -1.20. The van der Waals surface area contributed by atoms with E-state index in [1.165, 1.54) is 40.5 Å². The number of hydrogen-bond donors (Lipinski definition) is 1. The van der Waals surface area contributed by atoms with Crippen LogP contribution in [0.3, 0.4) is 0 Å². The maximum absolute atomic E-state index is 4.88. The lowest BCUT2D eigenvalue weighted by Crippen LogP contribution is -2.23. The van der Waals surface area contributed by atoms with Gasteiger partial charge in [0.1, 0.15) is 11.0 Å². The summed E-state index contributed by atoms with van der Waals surface area (Å²) in [6.45, 7) is 3.07. The molecule has 1 aliphatic rings. The molecule has 2 heterocycles. The molecular weight excluding hydrogens is 256 g/mol. The average molecular weight is 276 g/mol. The number of nitrogens with zero attached hydrogens (tertiary/aromatic N) is 3. The molecule has 2 aromatic heterocycles. The molecule has 2 aromatic rings. The van der Waals surface area contributed by atoms with Gasteiger partial charge in [-0.1, -0.05) is 6.92 Å². The molecule has 1 aliphatic carbocycles. The highest BCUT2D eigenvalue weighted by atomic mass is 32.1. The average Bonchev–Trinajstić information content (AvgIpc) is 3.02. The smallest absolute Gasteiger partial charge is 0.116 e. The minimum atomic E-state index is 0.174. The summed E-state index contributed by atoms with van der Waals surface area (Å²) in [6, 6.07) is 0.174. The Kier molecular flexibility index (Phi) is 3.66. The summed E-state index contributed by atoms with van der Waals surface area (Å²) >= 11 is 1.88. The molecule has 1 N–H and O–H groups in total. The van der Waals surface area contributed by atoms with E-state index in [1.807, 2.05) is 30.9 Å². The first-order valence-corrected chi connectivity index (χ1v) is 7.79. The van der Waals surface area contributed by atoms with Crippen LogP contribution in [0.1, 0.15) is 47.1 Å². The van der Waals surface area contributed by atoms with Gasteiger partial charge in [0, 0.05) is 11.9 Å². The molecule has 19 heavy (non-hydrogen) atoms. The van der Waals surface area contributed by atoms with Gasteiger partial charge >= 0.3 is 0 Å². The van der Waals surface area contributed by atoms with Crippen LogP contribution in [0.25, 0.3) is 0 Å². The molecule has 0 saturated carbocycles. The van der Waals surface area contributed by atoms with Gasteiger partial charge in [0.25, 0.3) is 0 Å². The first kappa shape index (κ1) is 12.8. The first-order valence-electron chi connectivity index (χ1n) is 6.97. The number of nitrogens with one attached hydrogen (secondary N) is 1. The number of fused-ring (bicyclic) bond motifs is 1. The van der Waals surface area contributed by atoms with Gasteiger partial charge in [0.15, 0.2) is 0 Å². The summed E-state index contributed by atoms with van der Waals surface area (Å²) < 4.78 is 2.08. The second-order valence-electron chi connectivity index (χ2n) is 5.05. The van der Waals surface area contributed by atoms with E-state index in [9.17, 15) is 0 Å². The molecule has 3 rings (SSSR count). The molecule has 0 spiro atoms. The topological polar surface area (TPSA) is 42.7 Å². The van der Waals surface area contributed by atoms with E-state index in [4.69, 9.17) is 4.98 Å². The predicted molar refractivity (Wildman–Crippen MR) is 77.5 cm³/mol. The normalized spacial score (nSPS) is 16.3. The molecule has 1 atom stereocenters. The fourth-order valence-corrected chi connectivity index (χ4v) is 3.91. The van der Waals surface area contributed by atoms with E-state index in [1.54, 1.807) is 0 Å². The van der Waals surface area contributed by atoms with E-state index >= 15 is 0 Å². The molecule has 4 nitrogen and oxygen atoms in total. The summed E-state index contributed by atoms with van der Waals surface area (Å²) in [6.07, 6.45) is 8.74. The van der Waals surface area contributed by atoms with Crippen LogP contribution in [-0.4, -0.2) is 21.1 Å². The second-order valence-corrected chi connectivity index (χ2v) is 6.16. The number of thiazole rings is 1. The SMILES string of the molecule is CCNC(c1nc2c(s1)CCCC2)c1cncn1C. The molecule has 0 fully saturated rings. The van der Waals surface area contributed by atoms with Crippen molar-refractivity contribution >= 4 is 11.3 Å². The first-order chi connectivity index (χ1) is 9.29. The summed E-state index contributed by atoms with van der Waals surface area (Å²) in [5.41, 5.74) is 2.52. The zero-order valence-electron chi connectivity index (χ0n) is 11.5. The lowest BCUT2D eigenvalue weighted by molar-refractivity contribution is 0.587. The van der Waals surface area contributed by atoms with Crippen molar-refractivity contribution in [3.05, 3.63) is 33.8 Å². The Bertz CT molecular complexity index is 534. The Labute approximate surface area is 117 Å². The van der Waals surface area contributed by atoms with E-state index in [2.05, 4.69) is 21.8 Å². The summed E-state index contributed by atoms with van der Waals surface area (Å²) in [4.78, 5) is 10.6. The number of imidazole rings is 1. The van der Waals surface area contributed by atoms with Crippen LogP contribution in [0.2, 0.25) is 0 Å². The number of aryl methyl sites for hydroxylation is 3. The predicted octanol–water partition coefficient (Wildman–Crippen LogP) is 2.45. The summed E-state index contributed by atoms with van der Waals surface area (Å²) in [7, 11) is 2.04. The third-order valence-corrected chi connectivity index (χ3v) is 4.89. The van der Waals surface area contributed by atoms with Crippen molar-refractivity contribution in [2.45, 2.75) is 38.6 Å². The lowest BCUT2D eigenvalue weighted by atomic mass is 10.0. The Morgan fingerprint density at radius 3 is 2.95 bits per heavy atom. The Morgan fingerprint density at radius 2 is 2.26 bits per heavy atom. The van der Waals surface area contributed by atoms with Crippen molar-refractivity contribution in [3.63, 3.8) is 0 Å². The molecule has 0 aliphatic heterocycles. The van der Waals surface area contributed by atoms with E-state index in [0.717, 1.165) is 13.0 Å². The molecule has 5 heteroatoms. The van der Waals surface area contributed by atoms with Gasteiger partial charge in [-0.2, -0.15) is 0 Å². The standard InChI is InChI=1S/C14H20N4S/c1-3-16-13(11-8-15-9-18(11)2)14-17-10-6-4-5-7-12(10)19-14/h8-9,13,16H,3-7H2,1-2H3. The minimum absolute atomic E-state index is 0.174. The number of hydrogen-bond acceptors (Lipinski definition) is 4. The fourth-order valence-electron chi connectivity index (χ4n) is 2.66. The van der Waals surface area contributed by atoms with Crippen LogP contribution in [-0.2, 0) is 19.9 Å². The third kappa shape index (κ3) is 2.44. The minimum Gasteiger partial charge on any atom is -0.336 e. The molecule has 102 valence electrons. The molecule has 0 aromatic carbocycles. The highest BCUT2D eigenvalue weighted by Gasteiger charge is 2.23. The van der Waals surface area contributed by atoms with Crippen LogP contribution in [0.4, 0.5) is 0 Å². The highest BCUT2D eigenvalue weighted by Crippen LogP contribution is 2.32. The fraction of sp³-hybridized carbons (Fsp3) is 0.571. The zero-order valence-corrected chi connectivity index (χ0v) is 12.3. The maximum Gasteiger partial charge on any atom is 0.116 e. The van der Waals surface area contributed by atoms with Crippen LogP contribution < -0.4 is 5.32 Å². The monoisotopic (exact) mass is 276 g/mol. The van der Waals surface area contributed by atoms with Crippen LogP contribution in [0.15, 0.2) is 12.5 Å². The molecule has 1 unspecified atom stereocenters. The zero-order chi connectivity index (χ0) is 13.2. The molecular formula is C14H20N4S. The van der Waals surface area contributed by atoms with Gasteiger partial charge in [-0.3, -0.25) is 0 Å². The van der Waals surface area contributed by atoms with E-state index < -0.39 is 0 Å². The van der Waals surface area contributed by atoms with Gasteiger partial charge in [-0.15, -0.1) is 11.3 Å². The molecule has 0 saturated heterocycles. The number of aromatic nitrogens is 3. The van der Waals surface area contributed by atoms with Gasteiger partial charge < -0.3 is 9.88 Å². The van der Waals surface area contributed by atoms with Crippen molar-refractivity contribution in [1.82, 2.24) is 19.9 Å². The van der Waals surface area contributed by atoms with Crippen LogP contribution in [0.5, 0.6) is 0 Å². The second kappa shape index (κ2) is 5.43.